The predicted octanol–water partition coefficient (Wildman–Crippen LogP) is 3.66. The molecule has 9 heteroatoms. The predicted molar refractivity (Wildman–Crippen MR) is 102 cm³/mol. The van der Waals surface area contributed by atoms with E-state index in [2.05, 4.69) is 15.0 Å². The fourth-order valence-corrected chi connectivity index (χ4v) is 4.85. The molecule has 1 atom stereocenters. The van der Waals surface area contributed by atoms with Gasteiger partial charge in [-0.15, -0.1) is 5.10 Å². The van der Waals surface area contributed by atoms with Gasteiger partial charge in [0.2, 0.25) is 10.8 Å². The van der Waals surface area contributed by atoms with Gasteiger partial charge in [0.15, 0.2) is 0 Å². The molecule has 1 aromatic carbocycles. The quantitative estimate of drug-likeness (QED) is 0.686. The summed E-state index contributed by atoms with van der Waals surface area (Å²) in [6.45, 7) is 3.23. The van der Waals surface area contributed by atoms with E-state index in [9.17, 15) is 10.2 Å². The van der Waals surface area contributed by atoms with Gasteiger partial charge in [0.05, 0.1) is 27.1 Å². The number of rotatable bonds is 3. The minimum absolute atomic E-state index is 0.0906. The molecule has 3 aromatic rings. The van der Waals surface area contributed by atoms with E-state index < -0.39 is 0 Å². The van der Waals surface area contributed by atoms with E-state index in [1.807, 2.05) is 12.1 Å². The first-order valence-electron chi connectivity index (χ1n) is 8.36. The number of hydrogen-bond donors (Lipinski definition) is 2. The van der Waals surface area contributed by atoms with E-state index >= 15 is 0 Å². The Balaban J connectivity index is 1.82. The van der Waals surface area contributed by atoms with Crippen LogP contribution in [0.15, 0.2) is 18.2 Å². The summed E-state index contributed by atoms with van der Waals surface area (Å²) in [5.41, 5.74) is 0.937. The first kappa shape index (κ1) is 18.0. The third-order valence-corrected chi connectivity index (χ3v) is 6.49. The summed E-state index contributed by atoms with van der Waals surface area (Å²) in [4.78, 5) is 8.01. The van der Waals surface area contributed by atoms with Gasteiger partial charge < -0.3 is 10.2 Å². The first-order valence-corrected chi connectivity index (χ1v) is 9.93. The van der Waals surface area contributed by atoms with E-state index in [0.717, 1.165) is 23.5 Å². The molecule has 1 unspecified atom stereocenters. The van der Waals surface area contributed by atoms with E-state index in [4.69, 9.17) is 23.2 Å². The number of piperidine rings is 1. The van der Waals surface area contributed by atoms with Crippen molar-refractivity contribution in [3.05, 3.63) is 44.5 Å². The van der Waals surface area contributed by atoms with Gasteiger partial charge in [0.25, 0.3) is 0 Å². The zero-order valence-electron chi connectivity index (χ0n) is 14.1. The Hall–Kier alpha value is -1.38. The molecule has 1 aliphatic heterocycles. The molecule has 0 amide bonds. The highest BCUT2D eigenvalue weighted by Gasteiger charge is 2.32. The van der Waals surface area contributed by atoms with Gasteiger partial charge in [-0.3, -0.25) is 4.90 Å². The van der Waals surface area contributed by atoms with Gasteiger partial charge in [-0.1, -0.05) is 40.6 Å². The highest BCUT2D eigenvalue weighted by atomic mass is 35.5. The Kier molecular flexibility index (Phi) is 4.83. The average molecular weight is 413 g/mol. The molecule has 26 heavy (non-hydrogen) atoms. The number of aliphatic hydroxyl groups excluding tert-OH is 1. The summed E-state index contributed by atoms with van der Waals surface area (Å²) in [5.74, 6) is 0.707. The minimum Gasteiger partial charge on any atom is -0.492 e. The van der Waals surface area contributed by atoms with Crippen LogP contribution in [0.3, 0.4) is 0 Å². The second-order valence-corrected chi connectivity index (χ2v) is 8.31. The zero-order chi connectivity index (χ0) is 18.4. The molecule has 0 spiro atoms. The molecule has 1 fully saturated rings. The van der Waals surface area contributed by atoms with Crippen molar-refractivity contribution in [1.82, 2.24) is 19.5 Å². The smallest absolute Gasteiger partial charge is 0.230 e. The Morgan fingerprint density at radius 3 is 2.62 bits per heavy atom. The molecule has 2 N–H and O–H groups in total. The number of nitrogens with zero attached hydrogens (tertiary/aromatic N) is 4. The summed E-state index contributed by atoms with van der Waals surface area (Å²) < 4.78 is 1.47. The topological polar surface area (TPSA) is 73.9 Å². The number of likely N-dealkylation sites (tertiary alicyclic amines) is 1. The summed E-state index contributed by atoms with van der Waals surface area (Å²) in [6.07, 6.45) is 1.11. The molecule has 2 aromatic heterocycles. The van der Waals surface area contributed by atoms with E-state index in [0.29, 0.717) is 33.7 Å². The fraction of sp³-hybridized carbons (Fsp3) is 0.412. The van der Waals surface area contributed by atoms with E-state index in [1.54, 1.807) is 13.0 Å². The van der Waals surface area contributed by atoms with E-state index in [1.165, 1.54) is 15.9 Å². The van der Waals surface area contributed by atoms with Gasteiger partial charge >= 0.3 is 0 Å². The molecule has 0 bridgehead atoms. The molecule has 0 aliphatic carbocycles. The number of fused-ring (bicyclic) bond motifs is 1. The summed E-state index contributed by atoms with van der Waals surface area (Å²) >= 11 is 13.7. The second kappa shape index (κ2) is 6.98. The third kappa shape index (κ3) is 3.18. The standard InChI is InChI=1S/C17H18Cl2N4O2S/c1-9-20-17-23(21-9)16(25)15(26-17)14(22-6-4-11(24)5-7-22)10-2-3-12(18)13(19)8-10/h2-3,8,11,14,24-25H,4-7H2,1H3. The van der Waals surface area contributed by atoms with Crippen molar-refractivity contribution in [3.8, 4) is 5.88 Å². The van der Waals surface area contributed by atoms with Crippen molar-refractivity contribution >= 4 is 39.5 Å². The van der Waals surface area contributed by atoms with Crippen LogP contribution in [0.25, 0.3) is 4.96 Å². The monoisotopic (exact) mass is 412 g/mol. The van der Waals surface area contributed by atoms with Crippen molar-refractivity contribution in [1.29, 1.82) is 0 Å². The normalized spacial score (nSPS) is 17.8. The molecule has 6 nitrogen and oxygen atoms in total. The molecule has 138 valence electrons. The maximum Gasteiger partial charge on any atom is 0.230 e. The highest BCUT2D eigenvalue weighted by molar-refractivity contribution is 7.17. The van der Waals surface area contributed by atoms with Crippen LogP contribution in [0.2, 0.25) is 10.0 Å². The van der Waals surface area contributed by atoms with Crippen LogP contribution in [-0.4, -0.2) is 48.9 Å². The lowest BCUT2D eigenvalue weighted by Crippen LogP contribution is -2.38. The van der Waals surface area contributed by atoms with Crippen molar-refractivity contribution < 1.29 is 10.2 Å². The zero-order valence-corrected chi connectivity index (χ0v) is 16.4. The lowest BCUT2D eigenvalue weighted by Gasteiger charge is -2.36. The number of aromatic nitrogens is 3. The van der Waals surface area contributed by atoms with Crippen LogP contribution in [-0.2, 0) is 0 Å². The third-order valence-electron chi connectivity index (χ3n) is 4.68. The lowest BCUT2D eigenvalue weighted by molar-refractivity contribution is 0.0689. The molecule has 1 saturated heterocycles. The summed E-state index contributed by atoms with van der Waals surface area (Å²) in [5, 5.41) is 25.9. The number of aryl methyl sites for hydroxylation is 1. The first-order chi connectivity index (χ1) is 12.4. The van der Waals surface area contributed by atoms with Crippen molar-refractivity contribution in [3.63, 3.8) is 0 Å². The molecule has 0 saturated carbocycles. The lowest BCUT2D eigenvalue weighted by atomic mass is 9.99. The fourth-order valence-electron chi connectivity index (χ4n) is 3.38. The molecule has 4 rings (SSSR count). The maximum atomic E-state index is 10.8. The Labute approximate surface area is 164 Å². The number of benzene rings is 1. The number of aliphatic hydroxyl groups is 1. The molecular formula is C17H18Cl2N4O2S. The van der Waals surface area contributed by atoms with Crippen LogP contribution in [0, 0.1) is 6.92 Å². The second-order valence-electron chi connectivity index (χ2n) is 6.49. The van der Waals surface area contributed by atoms with Gasteiger partial charge in [0.1, 0.15) is 5.82 Å². The van der Waals surface area contributed by atoms with Crippen molar-refractivity contribution in [2.45, 2.75) is 31.9 Å². The Morgan fingerprint density at radius 2 is 1.96 bits per heavy atom. The van der Waals surface area contributed by atoms with Crippen LogP contribution in [0.5, 0.6) is 5.88 Å². The average Bonchev–Trinajstić information content (AvgIpc) is 3.11. The molecule has 3 heterocycles. The highest BCUT2D eigenvalue weighted by Crippen LogP contribution is 2.42. The van der Waals surface area contributed by atoms with Gasteiger partial charge in [-0.25, -0.2) is 4.98 Å². The molecular weight excluding hydrogens is 395 g/mol. The van der Waals surface area contributed by atoms with Gasteiger partial charge in [-0.05, 0) is 37.5 Å². The van der Waals surface area contributed by atoms with Crippen molar-refractivity contribution in [2.24, 2.45) is 0 Å². The van der Waals surface area contributed by atoms with Crippen LogP contribution in [0.1, 0.15) is 35.1 Å². The summed E-state index contributed by atoms with van der Waals surface area (Å²) in [6, 6.07) is 5.32. The van der Waals surface area contributed by atoms with Crippen LogP contribution < -0.4 is 0 Å². The van der Waals surface area contributed by atoms with Crippen LogP contribution >= 0.6 is 34.5 Å². The number of halogens is 2. The van der Waals surface area contributed by atoms with Crippen LogP contribution in [0.4, 0.5) is 0 Å². The Bertz CT molecular complexity index is 950. The molecule has 0 radical (unpaired) electrons. The number of aromatic hydroxyl groups is 1. The summed E-state index contributed by atoms with van der Waals surface area (Å²) in [7, 11) is 0. The number of hydrogen-bond acceptors (Lipinski definition) is 6. The SMILES string of the molecule is Cc1nc2sc(C(c3ccc(Cl)c(Cl)c3)N3CCC(O)CC3)c(O)n2n1. The van der Waals surface area contributed by atoms with E-state index in [-0.39, 0.29) is 18.0 Å². The van der Waals surface area contributed by atoms with Crippen molar-refractivity contribution in [2.75, 3.05) is 13.1 Å². The van der Waals surface area contributed by atoms with Gasteiger partial charge in [-0.2, -0.15) is 4.52 Å². The maximum absolute atomic E-state index is 10.8. The minimum atomic E-state index is -0.278. The Morgan fingerprint density at radius 1 is 1.23 bits per heavy atom. The largest absolute Gasteiger partial charge is 0.492 e. The van der Waals surface area contributed by atoms with Gasteiger partial charge in [0, 0.05) is 13.1 Å². The molecule has 1 aliphatic rings. The number of thiazole rings is 1.